The van der Waals surface area contributed by atoms with Gasteiger partial charge in [-0.05, 0) is 36.4 Å². The quantitative estimate of drug-likeness (QED) is 0.752. The monoisotopic (exact) mass is 388 g/mol. The molecule has 0 radical (unpaired) electrons. The minimum absolute atomic E-state index is 0.0457. The summed E-state index contributed by atoms with van der Waals surface area (Å²) >= 11 is 0. The van der Waals surface area contributed by atoms with Gasteiger partial charge in [0.2, 0.25) is 0 Å². The zero-order valence-electron chi connectivity index (χ0n) is 15.0. The Bertz CT molecular complexity index is 974. The zero-order chi connectivity index (χ0) is 19.2. The maximum absolute atomic E-state index is 13.3. The predicted molar refractivity (Wildman–Crippen MR) is 103 cm³/mol. The van der Waals surface area contributed by atoms with Gasteiger partial charge in [0.05, 0.1) is 37.8 Å². The van der Waals surface area contributed by atoms with Crippen molar-refractivity contribution < 1.29 is 22.7 Å². The van der Waals surface area contributed by atoms with Gasteiger partial charge in [0.15, 0.2) is 9.84 Å². The molecule has 0 N–H and O–H groups in total. The Balaban J connectivity index is 1.77. The first-order valence-corrected chi connectivity index (χ1v) is 10.4. The first kappa shape index (κ1) is 17.7. The normalized spacial score (nSPS) is 23.4. The van der Waals surface area contributed by atoms with Crippen LogP contribution in [0.5, 0.6) is 11.5 Å². The second-order valence-electron chi connectivity index (χ2n) is 6.63. The molecule has 2 aliphatic heterocycles. The van der Waals surface area contributed by atoms with E-state index < -0.39 is 21.9 Å². The van der Waals surface area contributed by atoms with Gasteiger partial charge in [0, 0.05) is 17.4 Å². The Kier molecular flexibility index (Phi) is 4.22. The first-order chi connectivity index (χ1) is 12.9. The third kappa shape index (κ3) is 2.99. The Morgan fingerprint density at radius 2 is 1.44 bits per heavy atom. The minimum atomic E-state index is -3.23. The van der Waals surface area contributed by atoms with E-state index in [9.17, 15) is 13.2 Å². The van der Waals surface area contributed by atoms with E-state index in [1.54, 1.807) is 72.6 Å². The van der Waals surface area contributed by atoms with Crippen molar-refractivity contribution in [3.63, 3.8) is 0 Å². The number of sulfone groups is 1. The lowest BCUT2D eigenvalue weighted by Gasteiger charge is -2.23. The van der Waals surface area contributed by atoms with Crippen LogP contribution in [-0.4, -0.2) is 52.3 Å². The molecule has 0 unspecified atom stereocenters. The number of hydrogen-bond acceptors (Lipinski definition) is 5. The molecule has 2 aliphatic rings. The smallest absolute Gasteiger partial charge is 0.329 e. The van der Waals surface area contributed by atoms with Crippen LogP contribution >= 0.6 is 0 Å². The maximum atomic E-state index is 13.3. The van der Waals surface area contributed by atoms with Crippen molar-refractivity contribution in [2.45, 2.75) is 12.1 Å². The van der Waals surface area contributed by atoms with Gasteiger partial charge in [-0.25, -0.2) is 13.2 Å². The number of amides is 2. The van der Waals surface area contributed by atoms with Crippen molar-refractivity contribution in [1.82, 2.24) is 0 Å². The van der Waals surface area contributed by atoms with Crippen molar-refractivity contribution in [1.29, 1.82) is 0 Å². The molecular weight excluding hydrogens is 368 g/mol. The number of anilines is 2. The molecule has 2 amide bonds. The molecule has 2 fully saturated rings. The van der Waals surface area contributed by atoms with Crippen LogP contribution in [0.15, 0.2) is 48.5 Å². The summed E-state index contributed by atoms with van der Waals surface area (Å²) in [5.41, 5.74) is 1.28. The summed E-state index contributed by atoms with van der Waals surface area (Å²) in [6, 6.07) is 13.1. The summed E-state index contributed by atoms with van der Waals surface area (Å²) in [6.07, 6.45) is 0. The van der Waals surface area contributed by atoms with Crippen molar-refractivity contribution in [2.24, 2.45) is 0 Å². The summed E-state index contributed by atoms with van der Waals surface area (Å²) in [6.45, 7) is 0. The van der Waals surface area contributed by atoms with E-state index in [2.05, 4.69) is 0 Å². The van der Waals surface area contributed by atoms with E-state index in [-0.39, 0.29) is 17.5 Å². The second-order valence-corrected chi connectivity index (χ2v) is 8.79. The molecule has 2 aromatic rings. The lowest BCUT2D eigenvalue weighted by molar-refractivity contribution is 0.255. The molecule has 2 aromatic carbocycles. The molecule has 2 atom stereocenters. The Morgan fingerprint density at radius 3 is 2.04 bits per heavy atom. The average molecular weight is 388 g/mol. The summed E-state index contributed by atoms with van der Waals surface area (Å²) in [7, 11) is -0.108. The molecule has 0 spiro atoms. The van der Waals surface area contributed by atoms with Crippen LogP contribution in [-0.2, 0) is 9.84 Å². The van der Waals surface area contributed by atoms with Crippen LogP contribution in [0.4, 0.5) is 16.2 Å². The fourth-order valence-corrected chi connectivity index (χ4v) is 5.73. The van der Waals surface area contributed by atoms with Crippen LogP contribution in [0.25, 0.3) is 0 Å². The van der Waals surface area contributed by atoms with Crippen LogP contribution in [0.3, 0.4) is 0 Å². The highest BCUT2D eigenvalue weighted by Gasteiger charge is 2.54. The van der Waals surface area contributed by atoms with Crippen LogP contribution in [0.2, 0.25) is 0 Å². The highest BCUT2D eigenvalue weighted by molar-refractivity contribution is 7.91. The van der Waals surface area contributed by atoms with Crippen molar-refractivity contribution >= 4 is 27.2 Å². The van der Waals surface area contributed by atoms with E-state index in [0.717, 1.165) is 0 Å². The van der Waals surface area contributed by atoms with Gasteiger partial charge in [-0.3, -0.25) is 9.80 Å². The van der Waals surface area contributed by atoms with Crippen LogP contribution in [0.1, 0.15) is 0 Å². The molecule has 0 aromatic heterocycles. The number of ether oxygens (including phenoxy) is 2. The number of nitrogens with zero attached hydrogens (tertiary/aromatic N) is 2. The van der Waals surface area contributed by atoms with Crippen molar-refractivity contribution in [3.8, 4) is 11.5 Å². The highest BCUT2D eigenvalue weighted by atomic mass is 32.2. The van der Waals surface area contributed by atoms with E-state index in [0.29, 0.717) is 22.9 Å². The molecule has 142 valence electrons. The molecule has 8 heteroatoms. The summed E-state index contributed by atoms with van der Waals surface area (Å²) in [4.78, 5) is 16.4. The number of methoxy groups -OCH3 is 2. The molecule has 2 saturated heterocycles. The van der Waals surface area contributed by atoms with Crippen molar-refractivity contribution in [3.05, 3.63) is 48.5 Å². The largest absolute Gasteiger partial charge is 0.497 e. The first-order valence-electron chi connectivity index (χ1n) is 8.54. The maximum Gasteiger partial charge on any atom is 0.329 e. The van der Waals surface area contributed by atoms with Crippen LogP contribution < -0.4 is 19.3 Å². The Labute approximate surface area is 158 Å². The zero-order valence-corrected chi connectivity index (χ0v) is 15.8. The molecule has 0 saturated carbocycles. The van der Waals surface area contributed by atoms with E-state index in [4.69, 9.17) is 9.47 Å². The molecule has 7 nitrogen and oxygen atoms in total. The second kappa shape index (κ2) is 6.45. The lowest BCUT2D eigenvalue weighted by Crippen LogP contribution is -2.37. The predicted octanol–water partition coefficient (Wildman–Crippen LogP) is 2.32. The number of hydrogen-bond donors (Lipinski definition) is 0. The van der Waals surface area contributed by atoms with E-state index >= 15 is 0 Å². The van der Waals surface area contributed by atoms with Gasteiger partial charge in [-0.2, -0.15) is 0 Å². The van der Waals surface area contributed by atoms with Gasteiger partial charge in [0.1, 0.15) is 11.5 Å². The Morgan fingerprint density at radius 1 is 0.852 bits per heavy atom. The molecule has 0 aliphatic carbocycles. The van der Waals surface area contributed by atoms with Gasteiger partial charge in [-0.15, -0.1) is 0 Å². The fraction of sp³-hybridized carbons (Fsp3) is 0.316. The summed E-state index contributed by atoms with van der Waals surface area (Å²) < 4.78 is 35.1. The number of fused-ring (bicyclic) bond motifs is 1. The van der Waals surface area contributed by atoms with Crippen molar-refractivity contribution in [2.75, 3.05) is 35.5 Å². The third-order valence-corrected chi connectivity index (χ3v) is 6.75. The number of carbonyl (C=O) groups excluding carboxylic acids is 1. The number of carbonyl (C=O) groups is 1. The summed E-state index contributed by atoms with van der Waals surface area (Å²) in [5.74, 6) is 1.19. The third-order valence-electron chi connectivity index (χ3n) is 5.05. The van der Waals surface area contributed by atoms with Gasteiger partial charge < -0.3 is 9.47 Å². The highest BCUT2D eigenvalue weighted by Crippen LogP contribution is 2.39. The minimum Gasteiger partial charge on any atom is -0.497 e. The van der Waals surface area contributed by atoms with Crippen LogP contribution in [0, 0.1) is 0 Å². The molecule has 2 heterocycles. The molecular formula is C19H20N2O5S. The standard InChI is InChI=1S/C19H20N2O5S/c1-25-15-8-6-13(7-9-15)20-17-11-27(23,24)12-18(17)21(19(20)22)14-4-3-5-16(10-14)26-2/h3-10,17-18H,11-12H2,1-2H3/t17-,18+/m1/s1. The van der Waals surface area contributed by atoms with E-state index in [1.807, 2.05) is 0 Å². The number of benzene rings is 2. The van der Waals surface area contributed by atoms with Gasteiger partial charge >= 0.3 is 6.03 Å². The molecule has 0 bridgehead atoms. The van der Waals surface area contributed by atoms with Gasteiger partial charge in [-0.1, -0.05) is 6.07 Å². The Hall–Kier alpha value is -2.74. The number of rotatable bonds is 4. The fourth-order valence-electron chi connectivity index (χ4n) is 3.81. The summed E-state index contributed by atoms with van der Waals surface area (Å²) in [5, 5.41) is 0. The lowest BCUT2D eigenvalue weighted by atomic mass is 10.1. The molecule has 4 rings (SSSR count). The van der Waals surface area contributed by atoms with Gasteiger partial charge in [0.25, 0.3) is 0 Å². The topological polar surface area (TPSA) is 76.2 Å². The van der Waals surface area contributed by atoms with E-state index in [1.165, 1.54) is 0 Å². The molecule has 27 heavy (non-hydrogen) atoms. The average Bonchev–Trinajstić information content (AvgIpc) is 3.10. The SMILES string of the molecule is COc1ccc(N2C(=O)N(c3cccc(OC)c3)[C@H]3CS(=O)(=O)C[C@H]32)cc1. The number of urea groups is 1.